The van der Waals surface area contributed by atoms with Crippen LogP contribution in [-0.4, -0.2) is 57.2 Å². The van der Waals surface area contributed by atoms with Crippen LogP contribution < -0.4 is 10.6 Å². The van der Waals surface area contributed by atoms with Gasteiger partial charge in [0.25, 0.3) is 0 Å². The third kappa shape index (κ3) is 5.63. The van der Waals surface area contributed by atoms with Crippen molar-refractivity contribution in [3.8, 4) is 0 Å². The van der Waals surface area contributed by atoms with E-state index in [1.807, 2.05) is 18.2 Å². The Bertz CT molecular complexity index is 411. The highest BCUT2D eigenvalue weighted by atomic mass is 35.5. The maximum atomic E-state index is 11.6. The fraction of sp³-hybridized carbons (Fsp3) is 0.533. The molecule has 1 fully saturated rings. The third-order valence-corrected chi connectivity index (χ3v) is 3.50. The molecule has 118 valence electrons. The standard InChI is InChI=1S/C15H23N3O2.ClH/c1-16-12-15(19)17-11-14(13-5-3-2-4-6-13)18-7-9-20-10-8-18;/h2-6,14,16H,7-12H2,1H3,(H,17,19);1H. The number of hydrogen-bond acceptors (Lipinski definition) is 4. The summed E-state index contributed by atoms with van der Waals surface area (Å²) in [6.45, 7) is 4.31. The molecule has 21 heavy (non-hydrogen) atoms. The molecule has 0 aliphatic carbocycles. The van der Waals surface area contributed by atoms with Gasteiger partial charge < -0.3 is 15.4 Å². The molecular formula is C15H24ClN3O2. The molecule has 0 bridgehead atoms. The topological polar surface area (TPSA) is 53.6 Å². The Labute approximate surface area is 132 Å². The molecule has 1 aliphatic heterocycles. The third-order valence-electron chi connectivity index (χ3n) is 3.50. The Morgan fingerprint density at radius 3 is 2.57 bits per heavy atom. The molecule has 1 aromatic rings. The zero-order valence-electron chi connectivity index (χ0n) is 12.4. The summed E-state index contributed by atoms with van der Waals surface area (Å²) in [5.41, 5.74) is 1.24. The van der Waals surface area contributed by atoms with Crippen LogP contribution in [0.5, 0.6) is 0 Å². The minimum absolute atomic E-state index is 0. The second-order valence-corrected chi connectivity index (χ2v) is 4.91. The van der Waals surface area contributed by atoms with Gasteiger partial charge in [0, 0.05) is 19.6 Å². The summed E-state index contributed by atoms with van der Waals surface area (Å²) in [6, 6.07) is 10.5. The van der Waals surface area contributed by atoms with Crippen LogP contribution >= 0.6 is 12.4 Å². The highest BCUT2D eigenvalue weighted by Crippen LogP contribution is 2.20. The number of likely N-dealkylation sites (N-methyl/N-ethyl adjacent to an activating group) is 1. The first-order chi connectivity index (χ1) is 9.81. The molecular weight excluding hydrogens is 290 g/mol. The lowest BCUT2D eigenvalue weighted by molar-refractivity contribution is -0.120. The van der Waals surface area contributed by atoms with E-state index < -0.39 is 0 Å². The van der Waals surface area contributed by atoms with Crippen LogP contribution in [0.15, 0.2) is 30.3 Å². The number of hydrogen-bond donors (Lipinski definition) is 2. The number of halogens is 1. The molecule has 6 heteroatoms. The van der Waals surface area contributed by atoms with Crippen molar-refractivity contribution >= 4 is 18.3 Å². The Balaban J connectivity index is 0.00000220. The van der Waals surface area contributed by atoms with Gasteiger partial charge >= 0.3 is 0 Å². The van der Waals surface area contributed by atoms with Crippen LogP contribution in [0.25, 0.3) is 0 Å². The van der Waals surface area contributed by atoms with Crippen LogP contribution in [0.2, 0.25) is 0 Å². The largest absolute Gasteiger partial charge is 0.379 e. The summed E-state index contributed by atoms with van der Waals surface area (Å²) in [7, 11) is 1.77. The van der Waals surface area contributed by atoms with Crippen molar-refractivity contribution in [2.24, 2.45) is 0 Å². The van der Waals surface area contributed by atoms with Gasteiger partial charge in [0.05, 0.1) is 25.8 Å². The van der Waals surface area contributed by atoms with Gasteiger partial charge in [-0.1, -0.05) is 30.3 Å². The Hall–Kier alpha value is -1.14. The number of rotatable bonds is 6. The van der Waals surface area contributed by atoms with Crippen LogP contribution in [0.3, 0.4) is 0 Å². The van der Waals surface area contributed by atoms with E-state index >= 15 is 0 Å². The molecule has 5 nitrogen and oxygen atoms in total. The fourth-order valence-corrected chi connectivity index (χ4v) is 2.46. The molecule has 1 heterocycles. The summed E-state index contributed by atoms with van der Waals surface area (Å²) in [5.74, 6) is 0.0293. The fourth-order valence-electron chi connectivity index (χ4n) is 2.46. The number of benzene rings is 1. The van der Waals surface area contributed by atoms with E-state index in [9.17, 15) is 4.79 Å². The first-order valence-corrected chi connectivity index (χ1v) is 7.09. The molecule has 2 rings (SSSR count). The summed E-state index contributed by atoms with van der Waals surface area (Å²) in [5, 5.41) is 5.86. The summed E-state index contributed by atoms with van der Waals surface area (Å²) in [4.78, 5) is 14.0. The van der Waals surface area contributed by atoms with Gasteiger partial charge in [-0.25, -0.2) is 0 Å². The molecule has 2 N–H and O–H groups in total. The SMILES string of the molecule is CNCC(=O)NCC(c1ccccc1)N1CCOCC1.Cl. The van der Waals surface area contributed by atoms with Crippen molar-refractivity contribution in [3.05, 3.63) is 35.9 Å². The quantitative estimate of drug-likeness (QED) is 0.816. The molecule has 1 aliphatic rings. The first kappa shape index (κ1) is 17.9. The average molecular weight is 314 g/mol. The van der Waals surface area contributed by atoms with Crippen LogP contribution in [0, 0.1) is 0 Å². The Morgan fingerprint density at radius 1 is 1.29 bits per heavy atom. The molecule has 1 saturated heterocycles. The molecule has 1 unspecified atom stereocenters. The Kier molecular flexibility index (Phi) is 8.30. The van der Waals surface area contributed by atoms with Gasteiger partial charge in [0.2, 0.25) is 5.91 Å². The van der Waals surface area contributed by atoms with E-state index in [1.165, 1.54) is 5.56 Å². The van der Waals surface area contributed by atoms with Gasteiger partial charge in [-0.05, 0) is 12.6 Å². The highest BCUT2D eigenvalue weighted by Gasteiger charge is 2.22. The van der Waals surface area contributed by atoms with Crippen molar-refractivity contribution in [1.82, 2.24) is 15.5 Å². The minimum Gasteiger partial charge on any atom is -0.379 e. The van der Waals surface area contributed by atoms with Crippen molar-refractivity contribution < 1.29 is 9.53 Å². The van der Waals surface area contributed by atoms with E-state index in [2.05, 4.69) is 27.7 Å². The number of carbonyl (C=O) groups excluding carboxylic acids is 1. The predicted molar refractivity (Wildman–Crippen MR) is 85.8 cm³/mol. The van der Waals surface area contributed by atoms with Crippen molar-refractivity contribution in [1.29, 1.82) is 0 Å². The predicted octanol–water partition coefficient (Wildman–Crippen LogP) is 0.817. The molecule has 1 amide bonds. The number of nitrogens with zero attached hydrogens (tertiary/aromatic N) is 1. The lowest BCUT2D eigenvalue weighted by Crippen LogP contribution is -2.44. The maximum absolute atomic E-state index is 11.6. The second kappa shape index (κ2) is 9.73. The van der Waals surface area contributed by atoms with Gasteiger partial charge in [0.1, 0.15) is 0 Å². The number of nitrogens with one attached hydrogen (secondary N) is 2. The van der Waals surface area contributed by atoms with E-state index in [0.717, 1.165) is 26.3 Å². The molecule has 0 radical (unpaired) electrons. The monoisotopic (exact) mass is 313 g/mol. The van der Waals surface area contributed by atoms with Gasteiger partial charge in [0.15, 0.2) is 0 Å². The molecule has 1 atom stereocenters. The van der Waals surface area contributed by atoms with Crippen molar-refractivity contribution in [2.75, 3.05) is 46.4 Å². The second-order valence-electron chi connectivity index (χ2n) is 4.91. The minimum atomic E-state index is 0. The summed E-state index contributed by atoms with van der Waals surface area (Å²) >= 11 is 0. The number of carbonyl (C=O) groups is 1. The Morgan fingerprint density at radius 2 is 1.95 bits per heavy atom. The first-order valence-electron chi connectivity index (χ1n) is 7.09. The zero-order valence-corrected chi connectivity index (χ0v) is 13.2. The number of amides is 1. The smallest absolute Gasteiger partial charge is 0.234 e. The van der Waals surface area contributed by atoms with Gasteiger partial charge in [-0.2, -0.15) is 0 Å². The van der Waals surface area contributed by atoms with Gasteiger partial charge in [-0.15, -0.1) is 12.4 Å². The van der Waals surface area contributed by atoms with Crippen LogP contribution in [-0.2, 0) is 9.53 Å². The van der Waals surface area contributed by atoms with E-state index in [0.29, 0.717) is 13.1 Å². The van der Waals surface area contributed by atoms with Crippen molar-refractivity contribution in [3.63, 3.8) is 0 Å². The molecule has 0 saturated carbocycles. The lowest BCUT2D eigenvalue weighted by atomic mass is 10.0. The van der Waals surface area contributed by atoms with Crippen LogP contribution in [0.1, 0.15) is 11.6 Å². The number of morpholine rings is 1. The summed E-state index contributed by atoms with van der Waals surface area (Å²) in [6.07, 6.45) is 0. The molecule has 0 aromatic heterocycles. The van der Waals surface area contributed by atoms with E-state index in [4.69, 9.17) is 4.74 Å². The van der Waals surface area contributed by atoms with E-state index in [1.54, 1.807) is 7.05 Å². The van der Waals surface area contributed by atoms with Gasteiger partial charge in [-0.3, -0.25) is 9.69 Å². The normalized spacial score (nSPS) is 16.8. The van der Waals surface area contributed by atoms with Crippen LogP contribution in [0.4, 0.5) is 0 Å². The molecule has 0 spiro atoms. The van der Waals surface area contributed by atoms with E-state index in [-0.39, 0.29) is 24.4 Å². The summed E-state index contributed by atoms with van der Waals surface area (Å²) < 4.78 is 5.41. The lowest BCUT2D eigenvalue weighted by Gasteiger charge is -2.34. The van der Waals surface area contributed by atoms with Crippen molar-refractivity contribution in [2.45, 2.75) is 6.04 Å². The number of ether oxygens (including phenoxy) is 1. The maximum Gasteiger partial charge on any atom is 0.234 e. The average Bonchev–Trinajstić information content (AvgIpc) is 2.50. The molecule has 1 aromatic carbocycles. The zero-order chi connectivity index (χ0) is 14.2. The highest BCUT2D eigenvalue weighted by molar-refractivity contribution is 5.85.